The number of hydrogen-bond acceptors (Lipinski definition) is 0. The second kappa shape index (κ2) is 21.0. The van der Waals surface area contributed by atoms with E-state index in [1.807, 2.05) is 0 Å². The lowest BCUT2D eigenvalue weighted by molar-refractivity contribution is 0.565. The van der Waals surface area contributed by atoms with Gasteiger partial charge in [-0.05, 0) is 166 Å². The Morgan fingerprint density at radius 2 is 0.623 bits per heavy atom. The first-order chi connectivity index (χ1) is 35.3. The van der Waals surface area contributed by atoms with Crippen molar-refractivity contribution < 1.29 is 0 Å². The molecule has 0 saturated carbocycles. The zero-order chi connectivity index (χ0) is 57.3. The molecule has 0 radical (unpaired) electrons. The van der Waals surface area contributed by atoms with Crippen LogP contribution in [-0.4, -0.2) is 11.1 Å². The molecule has 2 heteroatoms. The molecule has 0 spiro atoms. The van der Waals surface area contributed by atoms with Crippen LogP contribution in [0.4, 0.5) is 0 Å². The van der Waals surface area contributed by atoms with Gasteiger partial charge in [0, 0.05) is 5.29 Å². The van der Waals surface area contributed by atoms with E-state index in [1.165, 1.54) is 116 Å². The van der Waals surface area contributed by atoms with E-state index in [1.54, 1.807) is 0 Å². The van der Waals surface area contributed by atoms with Crippen LogP contribution in [0.15, 0.2) is 140 Å². The van der Waals surface area contributed by atoms with Gasteiger partial charge in [0.05, 0.1) is 5.41 Å². The molecule has 406 valence electrons. The van der Waals surface area contributed by atoms with Crippen LogP contribution < -0.4 is 0 Å². The lowest BCUT2D eigenvalue weighted by Crippen LogP contribution is -2.41. The summed E-state index contributed by atoms with van der Waals surface area (Å²) in [4.78, 5) is 0. The van der Waals surface area contributed by atoms with Crippen molar-refractivity contribution in [2.24, 2.45) is 0 Å². The van der Waals surface area contributed by atoms with Crippen molar-refractivity contribution in [1.82, 2.24) is 0 Å². The molecule has 0 fully saturated rings. The summed E-state index contributed by atoms with van der Waals surface area (Å²) < 4.78 is 0. The molecule has 0 N–H and O–H groups in total. The third kappa shape index (κ3) is 12.3. The molecule has 6 aromatic rings. The number of benzene rings is 6. The molecule has 0 atom stereocenters. The van der Waals surface area contributed by atoms with Crippen molar-refractivity contribution in [3.63, 3.8) is 0 Å². The van der Waals surface area contributed by atoms with Gasteiger partial charge in [0.15, 0.2) is 0 Å². The first-order valence-corrected chi connectivity index (χ1v) is 31.1. The van der Waals surface area contributed by atoms with Crippen molar-refractivity contribution >= 4 is 43.6 Å². The first kappa shape index (κ1) is 59.8. The molecule has 77 heavy (non-hydrogen) atoms. The van der Waals surface area contributed by atoms with E-state index in [4.69, 9.17) is 0 Å². The van der Waals surface area contributed by atoms with Gasteiger partial charge in [-0.2, -0.15) is 0 Å². The Kier molecular flexibility index (Phi) is 16.3. The Balaban J connectivity index is 1.98. The van der Waals surface area contributed by atoms with Crippen molar-refractivity contribution in [1.29, 1.82) is 0 Å². The Morgan fingerprint density at radius 3 is 0.987 bits per heavy atom. The van der Waals surface area contributed by atoms with Crippen LogP contribution in [0.3, 0.4) is 0 Å². The summed E-state index contributed by atoms with van der Waals surface area (Å²) in [7, 11) is 2.41. The van der Waals surface area contributed by atoms with Gasteiger partial charge in [-0.1, -0.05) is 300 Å². The molecule has 6 aromatic carbocycles. The Morgan fingerprint density at radius 1 is 0.312 bits per heavy atom. The van der Waals surface area contributed by atoms with Crippen molar-refractivity contribution in [3.8, 4) is 0 Å². The lowest BCUT2D eigenvalue weighted by atomic mass is 9.58. The number of hydrogen-bond donors (Lipinski definition) is 0. The molecule has 0 amide bonds. The van der Waals surface area contributed by atoms with Crippen molar-refractivity contribution in [3.05, 3.63) is 217 Å². The third-order valence-electron chi connectivity index (χ3n) is 16.0. The summed E-state index contributed by atoms with van der Waals surface area (Å²) >= 11 is 0. The maximum atomic E-state index is 2.59. The smallest absolute Gasteiger partial charge is 0.0622 e. The predicted octanol–water partition coefficient (Wildman–Crippen LogP) is 21.9. The molecule has 1 heterocycles. The highest BCUT2D eigenvalue weighted by molar-refractivity contribution is 8.10. The van der Waals surface area contributed by atoms with Crippen LogP contribution in [-0.2, 0) is 48.7 Å². The van der Waals surface area contributed by atoms with E-state index in [0.717, 1.165) is 0 Å². The predicted molar refractivity (Wildman–Crippen MR) is 348 cm³/mol. The van der Waals surface area contributed by atoms with E-state index >= 15 is 0 Å². The first-order valence-electron chi connectivity index (χ1n) is 28.6. The molecule has 0 nitrogen and oxygen atoms in total. The monoisotopic (exact) mass is 1060 g/mol. The zero-order valence-corrected chi connectivity index (χ0v) is 54.0. The molecule has 1 aliphatic heterocycles. The average Bonchev–Trinajstić information content (AvgIpc) is 3.45. The normalized spacial score (nSPS) is 15.8. The SMILES string of the molecule is CC(C)(C)c1ccc(C2=CC=PP=C(c3ccc(C(C)(C)C)cc3C(C)(C)C)C(c3ccccc3)(c3ccccc3)C(c3ccc(C(C)(C)C)cc3C(C)(C)C)=C2c2ccc(C(C)(C)C)cc2C(C)(C)C)c(C(C)(C)C)c1. The van der Waals surface area contributed by atoms with Gasteiger partial charge >= 0.3 is 0 Å². The highest BCUT2D eigenvalue weighted by Gasteiger charge is 2.49. The van der Waals surface area contributed by atoms with Gasteiger partial charge < -0.3 is 0 Å². The average molecular weight is 1060 g/mol. The molecule has 0 aromatic heterocycles. The van der Waals surface area contributed by atoms with Crippen LogP contribution in [0, 0.1) is 0 Å². The minimum absolute atomic E-state index is 0.0371. The second-order valence-corrected chi connectivity index (χ2v) is 33.0. The standard InChI is InChI=1S/C75H96P2/c1-67(2,3)51-35-39-55(60(45-51)71(13,14)15)56-43-44-76-77-66(59-42-38-54(70(10,11)12)48-63(59)74(22,23)24)75(49-31-27-25-28-32-49,50-33-29-26-30-34-50)65(58-41-37-53(69(7,8)9)47-62(58)73(19,20)21)64(56)57-40-36-52(68(4,5)6)46-61(57)72(16,17)18/h25-48H,1-24H3. The molecular weight excluding hydrogens is 963 g/mol. The van der Waals surface area contributed by atoms with E-state index in [0.29, 0.717) is 0 Å². The molecule has 1 aliphatic rings. The summed E-state index contributed by atoms with van der Waals surface area (Å²) in [6, 6.07) is 53.6. The maximum Gasteiger partial charge on any atom is 0.0765 e. The van der Waals surface area contributed by atoms with Crippen LogP contribution in [0.2, 0.25) is 0 Å². The quantitative estimate of drug-likeness (QED) is 0.146. The third-order valence-corrected chi connectivity index (χ3v) is 18.5. The summed E-state index contributed by atoms with van der Waals surface area (Å²) in [5, 5.41) is 1.39. The summed E-state index contributed by atoms with van der Waals surface area (Å²) in [6.45, 7) is 57.5. The number of rotatable bonds is 6. The Hall–Kier alpha value is -4.86. The Bertz CT molecular complexity index is 3210. The Labute approximate surface area is 473 Å². The molecular formula is C75H96P2. The van der Waals surface area contributed by atoms with Gasteiger partial charge in [-0.25, -0.2) is 0 Å². The summed E-state index contributed by atoms with van der Waals surface area (Å²) in [5.74, 6) is 2.50. The van der Waals surface area contributed by atoms with Gasteiger partial charge in [-0.3, -0.25) is 0 Å². The molecule has 0 aliphatic carbocycles. The minimum Gasteiger partial charge on any atom is -0.0622 e. The van der Waals surface area contributed by atoms with Crippen LogP contribution in [0.25, 0.3) is 16.7 Å². The minimum atomic E-state index is -0.860. The molecule has 0 unspecified atom stereocenters. The van der Waals surface area contributed by atoms with Crippen molar-refractivity contribution in [2.75, 3.05) is 0 Å². The van der Waals surface area contributed by atoms with Gasteiger partial charge in [0.1, 0.15) is 0 Å². The maximum absolute atomic E-state index is 2.59. The van der Waals surface area contributed by atoms with Crippen LogP contribution in [0.1, 0.15) is 244 Å². The number of allylic oxidation sites excluding steroid dienone is 4. The summed E-state index contributed by atoms with van der Waals surface area (Å²) in [6.07, 6.45) is 2.55. The zero-order valence-electron chi connectivity index (χ0n) is 52.3. The van der Waals surface area contributed by atoms with E-state index in [2.05, 4.69) is 312 Å². The lowest BCUT2D eigenvalue weighted by Gasteiger charge is -2.45. The van der Waals surface area contributed by atoms with E-state index in [-0.39, 0.29) is 43.3 Å². The highest BCUT2D eigenvalue weighted by atomic mass is 32.0. The van der Waals surface area contributed by atoms with Gasteiger partial charge in [0.25, 0.3) is 0 Å². The van der Waals surface area contributed by atoms with Crippen LogP contribution >= 0.6 is 15.8 Å². The summed E-state index contributed by atoms with van der Waals surface area (Å²) in [5.41, 5.74) is 20.5. The second-order valence-electron chi connectivity index (χ2n) is 30.6. The fourth-order valence-electron chi connectivity index (χ4n) is 11.4. The molecule has 7 rings (SSSR count). The fraction of sp³-hybridized carbons (Fsp3) is 0.440. The molecule has 0 saturated heterocycles. The largest absolute Gasteiger partial charge is 0.0765 e. The fourth-order valence-corrected chi connectivity index (χ4v) is 14.1. The molecule has 0 bridgehead atoms. The van der Waals surface area contributed by atoms with Crippen LogP contribution in [0.5, 0.6) is 0 Å². The topological polar surface area (TPSA) is 0 Å². The highest BCUT2D eigenvalue weighted by Crippen LogP contribution is 2.59. The van der Waals surface area contributed by atoms with E-state index in [9.17, 15) is 0 Å². The van der Waals surface area contributed by atoms with Gasteiger partial charge in [-0.15, -0.1) is 0 Å². The van der Waals surface area contributed by atoms with E-state index < -0.39 is 5.41 Å². The van der Waals surface area contributed by atoms with Gasteiger partial charge in [0.2, 0.25) is 0 Å². The van der Waals surface area contributed by atoms with Crippen molar-refractivity contribution in [2.45, 2.75) is 215 Å².